The van der Waals surface area contributed by atoms with Crippen LogP contribution in [0.5, 0.6) is 0 Å². The number of nitrogens with zero attached hydrogens (tertiary/aromatic N) is 2. The molecule has 0 fully saturated rings. The molecule has 2 aromatic heterocycles. The first kappa shape index (κ1) is 15.0. The standard InChI is InChI=1S/C12H15N3O3S2/c16-4-1-5-19-6-2-13-10(17)9-8-14-12-15(11(9)18)3-7-20-12/h3,7-8,16H,1-2,4-6H2,(H,13,17). The first-order chi connectivity index (χ1) is 9.74. The van der Waals surface area contributed by atoms with E-state index in [1.807, 2.05) is 0 Å². The van der Waals surface area contributed by atoms with Gasteiger partial charge >= 0.3 is 0 Å². The maximum Gasteiger partial charge on any atom is 0.271 e. The van der Waals surface area contributed by atoms with Crippen molar-refractivity contribution < 1.29 is 9.90 Å². The molecule has 0 saturated heterocycles. The molecule has 8 heteroatoms. The summed E-state index contributed by atoms with van der Waals surface area (Å²) in [5.41, 5.74) is -0.289. The van der Waals surface area contributed by atoms with E-state index >= 15 is 0 Å². The predicted octanol–water partition coefficient (Wildman–Crippen LogP) is 0.601. The molecule has 2 N–H and O–H groups in total. The van der Waals surface area contributed by atoms with Crippen LogP contribution < -0.4 is 10.9 Å². The third-order valence-electron chi connectivity index (χ3n) is 2.57. The molecule has 0 radical (unpaired) electrons. The molecule has 0 spiro atoms. The van der Waals surface area contributed by atoms with Gasteiger partial charge in [0.1, 0.15) is 5.56 Å². The summed E-state index contributed by atoms with van der Waals surface area (Å²) in [5.74, 6) is 1.21. The van der Waals surface area contributed by atoms with Gasteiger partial charge in [-0.3, -0.25) is 14.0 Å². The van der Waals surface area contributed by atoms with E-state index in [1.54, 1.807) is 23.3 Å². The monoisotopic (exact) mass is 313 g/mol. The topological polar surface area (TPSA) is 83.7 Å². The molecule has 2 rings (SSSR count). The Kier molecular flexibility index (Phi) is 5.57. The van der Waals surface area contributed by atoms with Gasteiger partial charge in [0.05, 0.1) is 0 Å². The van der Waals surface area contributed by atoms with Crippen molar-refractivity contribution in [1.82, 2.24) is 14.7 Å². The maximum atomic E-state index is 12.0. The van der Waals surface area contributed by atoms with Gasteiger partial charge in [0, 0.05) is 36.7 Å². The minimum Gasteiger partial charge on any atom is -0.396 e. The molecule has 0 aliphatic rings. The Morgan fingerprint density at radius 1 is 1.50 bits per heavy atom. The van der Waals surface area contributed by atoms with Crippen molar-refractivity contribution in [3.05, 3.63) is 33.7 Å². The van der Waals surface area contributed by atoms with Gasteiger partial charge in [0.25, 0.3) is 11.5 Å². The first-order valence-electron chi connectivity index (χ1n) is 6.15. The zero-order valence-corrected chi connectivity index (χ0v) is 12.4. The summed E-state index contributed by atoms with van der Waals surface area (Å²) in [7, 11) is 0. The van der Waals surface area contributed by atoms with Crippen molar-refractivity contribution in [2.45, 2.75) is 6.42 Å². The smallest absolute Gasteiger partial charge is 0.271 e. The number of nitrogens with one attached hydrogen (secondary N) is 1. The van der Waals surface area contributed by atoms with Crippen molar-refractivity contribution in [2.24, 2.45) is 0 Å². The summed E-state index contributed by atoms with van der Waals surface area (Å²) >= 11 is 3.00. The Morgan fingerprint density at radius 3 is 3.15 bits per heavy atom. The van der Waals surface area contributed by atoms with Crippen LogP contribution >= 0.6 is 23.1 Å². The van der Waals surface area contributed by atoms with Gasteiger partial charge in [-0.25, -0.2) is 4.98 Å². The lowest BCUT2D eigenvalue weighted by molar-refractivity contribution is 0.0954. The molecule has 108 valence electrons. The fourth-order valence-electron chi connectivity index (χ4n) is 1.58. The highest BCUT2D eigenvalue weighted by molar-refractivity contribution is 7.99. The number of fused-ring (bicyclic) bond motifs is 1. The van der Waals surface area contributed by atoms with Crippen LogP contribution in [0.3, 0.4) is 0 Å². The third-order valence-corrected chi connectivity index (χ3v) is 4.41. The van der Waals surface area contributed by atoms with E-state index < -0.39 is 5.91 Å². The zero-order chi connectivity index (χ0) is 14.4. The Balaban J connectivity index is 1.91. The maximum absolute atomic E-state index is 12.0. The van der Waals surface area contributed by atoms with Crippen LogP contribution in [0.4, 0.5) is 0 Å². The highest BCUT2D eigenvalue weighted by Gasteiger charge is 2.12. The van der Waals surface area contributed by atoms with Gasteiger partial charge in [-0.05, 0) is 12.2 Å². The van der Waals surface area contributed by atoms with E-state index in [4.69, 9.17) is 5.11 Å². The van der Waals surface area contributed by atoms with E-state index in [2.05, 4.69) is 10.3 Å². The lowest BCUT2D eigenvalue weighted by Crippen LogP contribution is -2.32. The third kappa shape index (κ3) is 3.59. The molecule has 0 aliphatic carbocycles. The lowest BCUT2D eigenvalue weighted by Gasteiger charge is -2.04. The summed E-state index contributed by atoms with van der Waals surface area (Å²) in [6, 6.07) is 0. The molecule has 0 unspecified atom stereocenters. The van der Waals surface area contributed by atoms with Gasteiger partial charge in [-0.15, -0.1) is 11.3 Å². The fourth-order valence-corrected chi connectivity index (χ4v) is 3.04. The molecule has 0 saturated carbocycles. The van der Waals surface area contributed by atoms with Crippen LogP contribution in [-0.4, -0.2) is 45.1 Å². The van der Waals surface area contributed by atoms with Gasteiger partial charge in [-0.1, -0.05) is 0 Å². The number of carbonyl (C=O) groups is 1. The van der Waals surface area contributed by atoms with E-state index in [9.17, 15) is 9.59 Å². The molecular formula is C12H15N3O3S2. The van der Waals surface area contributed by atoms with Gasteiger partial charge in [0.15, 0.2) is 4.96 Å². The average molecular weight is 313 g/mol. The number of hydrogen-bond acceptors (Lipinski definition) is 6. The summed E-state index contributed by atoms with van der Waals surface area (Å²) in [6.07, 6.45) is 3.68. The molecule has 0 atom stereocenters. The van der Waals surface area contributed by atoms with Crippen LogP contribution in [0.15, 0.2) is 22.6 Å². The molecule has 0 aliphatic heterocycles. The number of aliphatic hydroxyl groups is 1. The SMILES string of the molecule is O=C(NCCSCCCO)c1cnc2sccn2c1=O. The summed E-state index contributed by atoms with van der Waals surface area (Å²) < 4.78 is 1.37. The number of thiazole rings is 1. The number of thioether (sulfide) groups is 1. The largest absolute Gasteiger partial charge is 0.396 e. The van der Waals surface area contributed by atoms with Crippen molar-refractivity contribution in [3.63, 3.8) is 0 Å². The molecule has 0 bridgehead atoms. The Morgan fingerprint density at radius 2 is 2.35 bits per heavy atom. The molecule has 20 heavy (non-hydrogen) atoms. The zero-order valence-electron chi connectivity index (χ0n) is 10.7. The average Bonchev–Trinajstić information content (AvgIpc) is 2.92. The van der Waals surface area contributed by atoms with Crippen LogP contribution in [-0.2, 0) is 0 Å². The summed E-state index contributed by atoms with van der Waals surface area (Å²) in [6.45, 7) is 0.670. The first-order valence-corrected chi connectivity index (χ1v) is 8.19. The Labute approximate surface area is 123 Å². The van der Waals surface area contributed by atoms with E-state index in [1.165, 1.54) is 21.9 Å². The Bertz CT molecular complexity index is 638. The number of rotatable bonds is 7. The molecule has 2 aromatic rings. The van der Waals surface area contributed by atoms with Gasteiger partial charge in [-0.2, -0.15) is 11.8 Å². The molecular weight excluding hydrogens is 298 g/mol. The lowest BCUT2D eigenvalue weighted by atomic mass is 10.3. The van der Waals surface area contributed by atoms with Gasteiger partial charge < -0.3 is 10.4 Å². The Hall–Kier alpha value is -1.38. The van der Waals surface area contributed by atoms with Gasteiger partial charge in [0.2, 0.25) is 0 Å². The van der Waals surface area contributed by atoms with E-state index in [0.717, 1.165) is 17.9 Å². The summed E-state index contributed by atoms with van der Waals surface area (Å²) in [4.78, 5) is 28.6. The number of amides is 1. The molecule has 0 aromatic carbocycles. The second-order valence-corrected chi connectivity index (χ2v) is 6.08. The fraction of sp³-hybridized carbons (Fsp3) is 0.417. The number of aromatic nitrogens is 2. The summed E-state index contributed by atoms with van der Waals surface area (Å²) in [5, 5.41) is 13.1. The number of aliphatic hydroxyl groups excluding tert-OH is 1. The minimum absolute atomic E-state index is 0.0567. The van der Waals surface area contributed by atoms with Crippen LogP contribution in [0, 0.1) is 0 Å². The molecule has 6 nitrogen and oxygen atoms in total. The van der Waals surface area contributed by atoms with Crippen LogP contribution in [0.25, 0.3) is 4.96 Å². The van der Waals surface area contributed by atoms with Crippen molar-refractivity contribution in [1.29, 1.82) is 0 Å². The highest BCUT2D eigenvalue weighted by atomic mass is 32.2. The second kappa shape index (κ2) is 7.41. The van der Waals surface area contributed by atoms with E-state index in [-0.39, 0.29) is 17.7 Å². The highest BCUT2D eigenvalue weighted by Crippen LogP contribution is 2.05. The van der Waals surface area contributed by atoms with Crippen molar-refractivity contribution in [3.8, 4) is 0 Å². The van der Waals surface area contributed by atoms with Crippen molar-refractivity contribution in [2.75, 3.05) is 24.7 Å². The molecule has 2 heterocycles. The normalized spacial score (nSPS) is 10.8. The quantitative estimate of drug-likeness (QED) is 0.732. The minimum atomic E-state index is -0.397. The van der Waals surface area contributed by atoms with Crippen molar-refractivity contribution >= 4 is 34.0 Å². The number of carbonyl (C=O) groups excluding carboxylic acids is 1. The molecule has 1 amide bonds. The van der Waals surface area contributed by atoms with Crippen LogP contribution in [0.1, 0.15) is 16.8 Å². The van der Waals surface area contributed by atoms with Crippen LogP contribution in [0.2, 0.25) is 0 Å². The number of hydrogen-bond donors (Lipinski definition) is 2. The predicted molar refractivity (Wildman–Crippen MR) is 80.7 cm³/mol. The second-order valence-electron chi connectivity index (χ2n) is 3.98. The van der Waals surface area contributed by atoms with E-state index in [0.29, 0.717) is 11.5 Å².